The summed E-state index contributed by atoms with van der Waals surface area (Å²) in [7, 11) is 0. The molecule has 1 N–H and O–H groups in total. The predicted octanol–water partition coefficient (Wildman–Crippen LogP) is 2.35. The molecule has 2 aliphatic heterocycles. The number of nitrogens with zero attached hydrogens (tertiary/aromatic N) is 3. The summed E-state index contributed by atoms with van der Waals surface area (Å²) in [4.78, 5) is 33.0. The van der Waals surface area contributed by atoms with E-state index in [0.717, 1.165) is 24.2 Å². The van der Waals surface area contributed by atoms with Crippen LogP contribution in [0.25, 0.3) is 0 Å². The van der Waals surface area contributed by atoms with Gasteiger partial charge in [0.1, 0.15) is 0 Å². The van der Waals surface area contributed by atoms with Gasteiger partial charge in [0.15, 0.2) is 0 Å². The molecular weight excluding hydrogens is 352 g/mol. The second-order valence-electron chi connectivity index (χ2n) is 7.61. The minimum absolute atomic E-state index is 0.0352. The number of hydrogen-bond acceptors (Lipinski definition) is 4. The predicted molar refractivity (Wildman–Crippen MR) is 107 cm³/mol. The Morgan fingerprint density at radius 2 is 1.89 bits per heavy atom. The van der Waals surface area contributed by atoms with Gasteiger partial charge in [-0.1, -0.05) is 12.1 Å². The van der Waals surface area contributed by atoms with Crippen LogP contribution in [0.15, 0.2) is 48.8 Å². The van der Waals surface area contributed by atoms with Gasteiger partial charge in [-0.2, -0.15) is 0 Å². The molecule has 2 saturated heterocycles. The number of carbonyl (C=O) groups is 2. The van der Waals surface area contributed by atoms with Crippen molar-refractivity contribution in [2.24, 2.45) is 5.92 Å². The molecule has 6 heteroatoms. The lowest BCUT2D eigenvalue weighted by Gasteiger charge is -2.19. The maximum absolute atomic E-state index is 12.6. The van der Waals surface area contributed by atoms with Gasteiger partial charge in [-0.15, -0.1) is 0 Å². The Hall–Kier alpha value is -2.89. The van der Waals surface area contributed by atoms with E-state index in [1.54, 1.807) is 17.3 Å². The lowest BCUT2D eigenvalue weighted by molar-refractivity contribution is -0.129. The standard InChI is InChI=1S/C22H26N4O2/c27-21-13-19(16-26(21)15-17-6-8-23-9-7-17)22(28)24-14-18-4-3-5-20(12-18)25-10-1-2-11-25/h3-9,12,19H,1-2,10-11,13-16H2,(H,24,28)/t19-/m1/s1. The first-order valence-corrected chi connectivity index (χ1v) is 9.97. The molecule has 3 heterocycles. The number of nitrogens with one attached hydrogen (secondary N) is 1. The Bertz CT molecular complexity index is 833. The van der Waals surface area contributed by atoms with Crippen LogP contribution in [-0.4, -0.2) is 41.3 Å². The zero-order valence-electron chi connectivity index (χ0n) is 16.0. The van der Waals surface area contributed by atoms with Crippen LogP contribution in [0.2, 0.25) is 0 Å². The van der Waals surface area contributed by atoms with E-state index in [1.165, 1.54) is 18.5 Å². The monoisotopic (exact) mass is 378 g/mol. The van der Waals surface area contributed by atoms with Gasteiger partial charge >= 0.3 is 0 Å². The van der Waals surface area contributed by atoms with E-state index >= 15 is 0 Å². The average Bonchev–Trinajstić information content (AvgIpc) is 3.38. The summed E-state index contributed by atoms with van der Waals surface area (Å²) >= 11 is 0. The number of hydrogen-bond donors (Lipinski definition) is 1. The van der Waals surface area contributed by atoms with Crippen molar-refractivity contribution in [1.82, 2.24) is 15.2 Å². The van der Waals surface area contributed by atoms with E-state index in [2.05, 4.69) is 27.3 Å². The quantitative estimate of drug-likeness (QED) is 0.838. The molecule has 28 heavy (non-hydrogen) atoms. The second kappa shape index (κ2) is 8.42. The Morgan fingerprint density at radius 1 is 1.11 bits per heavy atom. The van der Waals surface area contributed by atoms with E-state index in [1.807, 2.05) is 24.3 Å². The third-order valence-electron chi connectivity index (χ3n) is 5.56. The van der Waals surface area contributed by atoms with Crippen molar-refractivity contribution >= 4 is 17.5 Å². The molecule has 1 atom stereocenters. The van der Waals surface area contributed by atoms with Crippen LogP contribution >= 0.6 is 0 Å². The van der Waals surface area contributed by atoms with E-state index in [9.17, 15) is 9.59 Å². The Kier molecular flexibility index (Phi) is 5.55. The summed E-state index contributed by atoms with van der Waals surface area (Å²) in [5, 5.41) is 3.02. The fourth-order valence-corrected chi connectivity index (χ4v) is 3.98. The molecular formula is C22H26N4O2. The fourth-order valence-electron chi connectivity index (χ4n) is 3.98. The molecule has 2 fully saturated rings. The lowest BCUT2D eigenvalue weighted by Crippen LogP contribution is -2.32. The lowest BCUT2D eigenvalue weighted by atomic mass is 10.1. The molecule has 146 valence electrons. The fraction of sp³-hybridized carbons (Fsp3) is 0.409. The zero-order valence-corrected chi connectivity index (χ0v) is 16.0. The zero-order chi connectivity index (χ0) is 19.3. The molecule has 1 aromatic heterocycles. The number of likely N-dealkylation sites (tertiary alicyclic amines) is 1. The number of anilines is 1. The van der Waals surface area contributed by atoms with E-state index in [-0.39, 0.29) is 24.2 Å². The van der Waals surface area contributed by atoms with Crippen LogP contribution in [0.4, 0.5) is 5.69 Å². The maximum Gasteiger partial charge on any atom is 0.225 e. The molecule has 2 aliphatic rings. The van der Waals surface area contributed by atoms with Crippen LogP contribution in [0.1, 0.15) is 30.4 Å². The summed E-state index contributed by atoms with van der Waals surface area (Å²) in [5.41, 5.74) is 3.35. The summed E-state index contributed by atoms with van der Waals surface area (Å²) < 4.78 is 0. The number of rotatable bonds is 6. The molecule has 2 amide bonds. The number of carbonyl (C=O) groups excluding carboxylic acids is 2. The number of aromatic nitrogens is 1. The normalized spacial score (nSPS) is 19.3. The number of benzene rings is 1. The van der Waals surface area contributed by atoms with Crippen molar-refractivity contribution < 1.29 is 9.59 Å². The minimum Gasteiger partial charge on any atom is -0.372 e. The summed E-state index contributed by atoms with van der Waals surface area (Å²) in [6.07, 6.45) is 6.21. The first-order chi connectivity index (χ1) is 13.7. The summed E-state index contributed by atoms with van der Waals surface area (Å²) in [6.45, 7) is 3.71. The van der Waals surface area contributed by atoms with E-state index in [4.69, 9.17) is 0 Å². The summed E-state index contributed by atoms with van der Waals surface area (Å²) in [5.74, 6) is -0.291. The highest BCUT2D eigenvalue weighted by atomic mass is 16.2. The van der Waals surface area contributed by atoms with Gasteiger partial charge in [0.05, 0.1) is 5.92 Å². The van der Waals surface area contributed by atoms with Crippen molar-refractivity contribution in [1.29, 1.82) is 0 Å². The van der Waals surface area contributed by atoms with Crippen LogP contribution in [0.5, 0.6) is 0 Å². The van der Waals surface area contributed by atoms with Crippen LogP contribution in [-0.2, 0) is 22.7 Å². The molecule has 0 aliphatic carbocycles. The molecule has 6 nitrogen and oxygen atoms in total. The van der Waals surface area contributed by atoms with Crippen LogP contribution in [0, 0.1) is 5.92 Å². The first-order valence-electron chi connectivity index (χ1n) is 9.97. The van der Waals surface area contributed by atoms with Crippen molar-refractivity contribution in [2.75, 3.05) is 24.5 Å². The van der Waals surface area contributed by atoms with E-state index in [0.29, 0.717) is 19.6 Å². The third kappa shape index (κ3) is 4.32. The third-order valence-corrected chi connectivity index (χ3v) is 5.56. The largest absolute Gasteiger partial charge is 0.372 e. The molecule has 0 spiro atoms. The highest BCUT2D eigenvalue weighted by molar-refractivity contribution is 5.89. The van der Waals surface area contributed by atoms with Gasteiger partial charge in [0.2, 0.25) is 11.8 Å². The Balaban J connectivity index is 1.30. The van der Waals surface area contributed by atoms with Gasteiger partial charge in [0.25, 0.3) is 0 Å². The molecule has 0 bridgehead atoms. The highest BCUT2D eigenvalue weighted by Gasteiger charge is 2.34. The maximum atomic E-state index is 12.6. The minimum atomic E-state index is -0.281. The van der Waals surface area contributed by atoms with Gasteiger partial charge < -0.3 is 15.1 Å². The number of pyridine rings is 1. The molecule has 0 unspecified atom stereocenters. The topological polar surface area (TPSA) is 65.5 Å². The van der Waals surface area contributed by atoms with Crippen molar-refractivity contribution in [3.8, 4) is 0 Å². The molecule has 4 rings (SSSR count). The Morgan fingerprint density at radius 3 is 2.68 bits per heavy atom. The van der Waals surface area contributed by atoms with Crippen molar-refractivity contribution in [3.05, 3.63) is 59.9 Å². The second-order valence-corrected chi connectivity index (χ2v) is 7.61. The SMILES string of the molecule is O=C(NCc1cccc(N2CCCC2)c1)[C@@H]1CC(=O)N(Cc2ccncc2)C1. The summed E-state index contributed by atoms with van der Waals surface area (Å²) in [6, 6.07) is 12.2. The highest BCUT2D eigenvalue weighted by Crippen LogP contribution is 2.22. The smallest absolute Gasteiger partial charge is 0.225 e. The van der Waals surface area contributed by atoms with E-state index < -0.39 is 0 Å². The molecule has 0 radical (unpaired) electrons. The molecule has 1 aromatic carbocycles. The Labute approximate surface area is 165 Å². The average molecular weight is 378 g/mol. The van der Waals surface area contributed by atoms with Gasteiger partial charge in [0, 0.05) is 57.2 Å². The van der Waals surface area contributed by atoms with Crippen molar-refractivity contribution in [2.45, 2.75) is 32.4 Å². The van der Waals surface area contributed by atoms with Crippen LogP contribution < -0.4 is 10.2 Å². The molecule has 0 saturated carbocycles. The van der Waals surface area contributed by atoms with Crippen molar-refractivity contribution in [3.63, 3.8) is 0 Å². The number of amides is 2. The molecule has 2 aromatic rings. The van der Waals surface area contributed by atoms with Crippen LogP contribution in [0.3, 0.4) is 0 Å². The van der Waals surface area contributed by atoms with Gasteiger partial charge in [-0.05, 0) is 48.2 Å². The first kappa shape index (κ1) is 18.5. The van der Waals surface area contributed by atoms with Gasteiger partial charge in [-0.25, -0.2) is 0 Å². The van der Waals surface area contributed by atoms with Gasteiger partial charge in [-0.3, -0.25) is 14.6 Å².